The molecule has 0 spiro atoms. The van der Waals surface area contributed by atoms with Gasteiger partial charge in [-0.3, -0.25) is 9.69 Å². The molecule has 2 heterocycles. The molecule has 1 aromatic carbocycles. The summed E-state index contributed by atoms with van der Waals surface area (Å²) >= 11 is 12.8. The Hall–Kier alpha value is -1.60. The van der Waals surface area contributed by atoms with E-state index in [-0.39, 0.29) is 22.4 Å². The number of esters is 1. The van der Waals surface area contributed by atoms with Crippen LogP contribution in [0.25, 0.3) is 0 Å². The lowest BCUT2D eigenvalue weighted by Crippen LogP contribution is -2.49. The number of piperazine rings is 1. The minimum atomic E-state index is -0.630. The molecule has 2 aromatic rings. The van der Waals surface area contributed by atoms with E-state index in [4.69, 9.17) is 27.9 Å². The SMILES string of the molecule is Cc1cccc(CN2CCN(C(=O)COC(=O)c3cc(Cl)sc3Cl)CC2)c1. The van der Waals surface area contributed by atoms with Crippen LogP contribution in [0.4, 0.5) is 0 Å². The Kier molecular flexibility index (Phi) is 6.76. The zero-order chi connectivity index (χ0) is 19.4. The first-order chi connectivity index (χ1) is 12.9. The van der Waals surface area contributed by atoms with E-state index in [9.17, 15) is 9.59 Å². The fourth-order valence-electron chi connectivity index (χ4n) is 3.00. The summed E-state index contributed by atoms with van der Waals surface area (Å²) in [5, 5.41) is 0. The van der Waals surface area contributed by atoms with Crippen LogP contribution in [0.2, 0.25) is 8.67 Å². The van der Waals surface area contributed by atoms with Gasteiger partial charge in [-0.25, -0.2) is 4.79 Å². The lowest BCUT2D eigenvalue weighted by atomic mass is 10.1. The number of nitrogens with zero attached hydrogens (tertiary/aromatic N) is 2. The first kappa shape index (κ1) is 20.1. The fraction of sp³-hybridized carbons (Fsp3) is 0.368. The topological polar surface area (TPSA) is 49.9 Å². The molecular formula is C19H20Cl2N2O3S. The number of carbonyl (C=O) groups excluding carboxylic acids is 2. The zero-order valence-electron chi connectivity index (χ0n) is 14.9. The van der Waals surface area contributed by atoms with E-state index in [0.29, 0.717) is 17.4 Å². The molecule has 1 aliphatic rings. The summed E-state index contributed by atoms with van der Waals surface area (Å²) in [6, 6.07) is 9.89. The molecule has 0 atom stereocenters. The Morgan fingerprint density at radius 3 is 2.52 bits per heavy atom. The Bertz CT molecular complexity index is 832. The van der Waals surface area contributed by atoms with Crippen LogP contribution < -0.4 is 0 Å². The van der Waals surface area contributed by atoms with Crippen molar-refractivity contribution < 1.29 is 14.3 Å². The van der Waals surface area contributed by atoms with Crippen LogP contribution >= 0.6 is 34.5 Å². The summed E-state index contributed by atoms with van der Waals surface area (Å²) in [5.74, 6) is -0.828. The maximum absolute atomic E-state index is 12.3. The van der Waals surface area contributed by atoms with Crippen LogP contribution in [-0.4, -0.2) is 54.5 Å². The Labute approximate surface area is 172 Å². The highest BCUT2D eigenvalue weighted by Gasteiger charge is 2.23. The van der Waals surface area contributed by atoms with Crippen LogP contribution in [0.5, 0.6) is 0 Å². The average molecular weight is 427 g/mol. The van der Waals surface area contributed by atoms with E-state index in [0.717, 1.165) is 31.0 Å². The molecule has 0 unspecified atom stereocenters. The standard InChI is InChI=1S/C19H20Cl2N2O3S/c1-13-3-2-4-14(9-13)11-22-5-7-23(8-6-22)17(24)12-26-19(25)15-10-16(20)27-18(15)21/h2-4,9-10H,5-8,11-12H2,1H3. The molecular weight excluding hydrogens is 407 g/mol. The predicted molar refractivity (Wildman–Crippen MR) is 108 cm³/mol. The molecule has 1 saturated heterocycles. The van der Waals surface area contributed by atoms with Gasteiger partial charge in [0.05, 0.1) is 9.90 Å². The predicted octanol–water partition coefficient (Wildman–Crippen LogP) is 3.86. The molecule has 27 heavy (non-hydrogen) atoms. The number of halogens is 2. The van der Waals surface area contributed by atoms with Crippen LogP contribution in [0.15, 0.2) is 30.3 Å². The second-order valence-electron chi connectivity index (χ2n) is 6.46. The first-order valence-electron chi connectivity index (χ1n) is 8.60. The van der Waals surface area contributed by atoms with E-state index >= 15 is 0 Å². The second-order valence-corrected chi connectivity index (χ2v) is 8.75. The summed E-state index contributed by atoms with van der Waals surface area (Å²) in [7, 11) is 0. The number of benzene rings is 1. The highest BCUT2D eigenvalue weighted by Crippen LogP contribution is 2.31. The van der Waals surface area contributed by atoms with Gasteiger partial charge in [-0.1, -0.05) is 53.0 Å². The maximum atomic E-state index is 12.3. The summed E-state index contributed by atoms with van der Waals surface area (Å²) in [6.07, 6.45) is 0. The van der Waals surface area contributed by atoms with Crippen molar-refractivity contribution in [1.29, 1.82) is 0 Å². The van der Waals surface area contributed by atoms with Crippen molar-refractivity contribution in [2.75, 3.05) is 32.8 Å². The molecule has 1 aliphatic heterocycles. The number of thiophene rings is 1. The molecule has 1 aromatic heterocycles. The van der Waals surface area contributed by atoms with E-state index in [2.05, 4.69) is 36.1 Å². The number of hydrogen-bond acceptors (Lipinski definition) is 5. The van der Waals surface area contributed by atoms with Gasteiger partial charge in [0.2, 0.25) is 0 Å². The van der Waals surface area contributed by atoms with Crippen LogP contribution in [0, 0.1) is 6.92 Å². The monoisotopic (exact) mass is 426 g/mol. The molecule has 1 amide bonds. The minimum absolute atomic E-state index is 0.197. The van der Waals surface area contributed by atoms with E-state index < -0.39 is 5.97 Å². The Morgan fingerprint density at radius 1 is 1.15 bits per heavy atom. The number of carbonyl (C=O) groups is 2. The summed E-state index contributed by atoms with van der Waals surface area (Å²) in [6.45, 7) is 5.48. The largest absolute Gasteiger partial charge is 0.452 e. The third-order valence-corrected chi connectivity index (χ3v) is 5.90. The third kappa shape index (κ3) is 5.45. The minimum Gasteiger partial charge on any atom is -0.452 e. The zero-order valence-corrected chi connectivity index (χ0v) is 17.2. The lowest BCUT2D eigenvalue weighted by molar-refractivity contribution is -0.136. The average Bonchev–Trinajstić information content (AvgIpc) is 2.98. The molecule has 3 rings (SSSR count). The van der Waals surface area contributed by atoms with Gasteiger partial charge in [0.1, 0.15) is 4.34 Å². The maximum Gasteiger partial charge on any atom is 0.341 e. The van der Waals surface area contributed by atoms with Gasteiger partial charge in [0.25, 0.3) is 5.91 Å². The second kappa shape index (κ2) is 9.06. The molecule has 144 valence electrons. The summed E-state index contributed by atoms with van der Waals surface area (Å²) in [5.41, 5.74) is 2.72. The summed E-state index contributed by atoms with van der Waals surface area (Å²) in [4.78, 5) is 28.4. The van der Waals surface area contributed by atoms with Gasteiger partial charge in [-0.2, -0.15) is 0 Å². The lowest BCUT2D eigenvalue weighted by Gasteiger charge is -2.34. The molecule has 0 aliphatic carbocycles. The van der Waals surface area contributed by atoms with Crippen molar-refractivity contribution in [1.82, 2.24) is 9.80 Å². The third-order valence-electron chi connectivity index (χ3n) is 4.42. The Balaban J connectivity index is 1.44. The molecule has 0 N–H and O–H groups in total. The first-order valence-corrected chi connectivity index (χ1v) is 10.2. The summed E-state index contributed by atoms with van der Waals surface area (Å²) < 4.78 is 5.76. The number of rotatable bonds is 5. The number of amides is 1. The molecule has 8 heteroatoms. The van der Waals surface area contributed by atoms with Gasteiger partial charge in [-0.15, -0.1) is 11.3 Å². The van der Waals surface area contributed by atoms with Crippen molar-refractivity contribution >= 4 is 46.4 Å². The smallest absolute Gasteiger partial charge is 0.341 e. The molecule has 1 fully saturated rings. The van der Waals surface area contributed by atoms with E-state index in [1.807, 2.05) is 0 Å². The van der Waals surface area contributed by atoms with Gasteiger partial charge >= 0.3 is 5.97 Å². The highest BCUT2D eigenvalue weighted by molar-refractivity contribution is 7.20. The quantitative estimate of drug-likeness (QED) is 0.680. The molecule has 0 radical (unpaired) electrons. The molecule has 5 nitrogen and oxygen atoms in total. The van der Waals surface area contributed by atoms with E-state index in [1.165, 1.54) is 17.2 Å². The van der Waals surface area contributed by atoms with Crippen molar-refractivity contribution in [3.05, 3.63) is 55.7 Å². The molecule has 0 saturated carbocycles. The van der Waals surface area contributed by atoms with Crippen LogP contribution in [0.1, 0.15) is 21.5 Å². The van der Waals surface area contributed by atoms with E-state index in [1.54, 1.807) is 4.90 Å². The highest BCUT2D eigenvalue weighted by atomic mass is 35.5. The fourth-order valence-corrected chi connectivity index (χ4v) is 4.44. The van der Waals surface area contributed by atoms with Crippen molar-refractivity contribution in [3.63, 3.8) is 0 Å². The number of hydrogen-bond donors (Lipinski definition) is 0. The molecule has 0 bridgehead atoms. The van der Waals surface area contributed by atoms with Gasteiger partial charge in [0, 0.05) is 32.7 Å². The number of aryl methyl sites for hydroxylation is 1. The van der Waals surface area contributed by atoms with Crippen LogP contribution in [0.3, 0.4) is 0 Å². The number of ether oxygens (including phenoxy) is 1. The van der Waals surface area contributed by atoms with Crippen molar-refractivity contribution in [3.8, 4) is 0 Å². The van der Waals surface area contributed by atoms with Crippen molar-refractivity contribution in [2.24, 2.45) is 0 Å². The van der Waals surface area contributed by atoms with Crippen LogP contribution in [-0.2, 0) is 16.1 Å². The normalized spacial score (nSPS) is 15.0. The van der Waals surface area contributed by atoms with Crippen molar-refractivity contribution in [2.45, 2.75) is 13.5 Å². The van der Waals surface area contributed by atoms with Gasteiger partial charge in [-0.05, 0) is 18.6 Å². The Morgan fingerprint density at radius 2 is 1.89 bits per heavy atom. The van der Waals surface area contributed by atoms with Gasteiger partial charge in [0.15, 0.2) is 6.61 Å². The van der Waals surface area contributed by atoms with Gasteiger partial charge < -0.3 is 9.64 Å².